The summed E-state index contributed by atoms with van der Waals surface area (Å²) in [4.78, 5) is 139. The number of H-pyrrole nitrogens is 1. The molecule has 0 aliphatic heterocycles. The van der Waals surface area contributed by atoms with Gasteiger partial charge in [-0.2, -0.15) is 0 Å². The van der Waals surface area contributed by atoms with Crippen molar-refractivity contribution in [3.05, 3.63) is 65.9 Å². The average Bonchev–Trinajstić information content (AvgIpc) is 3.91. The summed E-state index contributed by atoms with van der Waals surface area (Å²) in [5.74, 6) is -11.3. The van der Waals surface area contributed by atoms with Crippen LogP contribution in [0.2, 0.25) is 0 Å². The molecule has 81 heavy (non-hydrogen) atoms. The van der Waals surface area contributed by atoms with E-state index in [2.05, 4.69) is 47.5 Å². The third-order valence-corrected chi connectivity index (χ3v) is 13.0. The summed E-state index contributed by atoms with van der Waals surface area (Å²) < 4.78 is 0. The second kappa shape index (κ2) is 32.2. The number of carbonyl (C=O) groups excluding carboxylic acids is 10. The van der Waals surface area contributed by atoms with Crippen molar-refractivity contribution in [1.29, 1.82) is 10.8 Å². The Morgan fingerprint density at radius 2 is 1.15 bits per heavy atom. The predicted molar refractivity (Wildman–Crippen MR) is 297 cm³/mol. The highest BCUT2D eigenvalue weighted by Gasteiger charge is 2.38. The van der Waals surface area contributed by atoms with Gasteiger partial charge in [0, 0.05) is 68.8 Å². The molecule has 0 radical (unpaired) electrons. The van der Waals surface area contributed by atoms with Crippen LogP contribution in [0.25, 0.3) is 10.9 Å². The fraction of sp³-hybridized carbons (Fsp3) is 0.500. The summed E-state index contributed by atoms with van der Waals surface area (Å²) in [5.41, 5.74) is 29.3. The number of fused-ring (bicyclic) bond motifs is 1. The number of guanidine groups is 2. The van der Waals surface area contributed by atoms with E-state index in [0.29, 0.717) is 11.1 Å². The van der Waals surface area contributed by atoms with Gasteiger partial charge < -0.3 is 91.3 Å². The minimum Gasteiger partial charge on any atom is -0.508 e. The zero-order valence-electron chi connectivity index (χ0n) is 46.1. The molecule has 1 heterocycles. The monoisotopic (exact) mass is 1130 g/mol. The molecule has 0 fully saturated rings. The van der Waals surface area contributed by atoms with Crippen molar-refractivity contribution in [2.24, 2.45) is 40.5 Å². The van der Waals surface area contributed by atoms with E-state index in [1.54, 1.807) is 32.2 Å². The molecule has 1 aromatic heterocycles. The van der Waals surface area contributed by atoms with Crippen molar-refractivity contribution in [2.45, 2.75) is 134 Å². The maximum atomic E-state index is 14.5. The molecule has 0 spiro atoms. The molecular weight excluding hydrogens is 1050 g/mol. The Kier molecular flexibility index (Phi) is 26.3. The number of hydrogen-bond donors (Lipinski definition) is 18. The lowest BCUT2D eigenvalue weighted by Gasteiger charge is -2.33. The molecule has 0 bridgehead atoms. The molecule has 3 aromatic rings. The topological polar surface area (TPSA) is 504 Å². The maximum Gasteiger partial charge on any atom is 0.245 e. The molecule has 0 unspecified atom stereocenters. The summed E-state index contributed by atoms with van der Waals surface area (Å²) >= 11 is 0. The molecule has 2 aromatic carbocycles. The molecule has 0 aliphatic rings. The van der Waals surface area contributed by atoms with Crippen LogP contribution in [0.5, 0.6) is 5.75 Å². The first kappa shape index (κ1) is 66.3. The lowest BCUT2D eigenvalue weighted by Crippen LogP contribution is -2.62. The van der Waals surface area contributed by atoms with E-state index in [9.17, 15) is 58.2 Å². The Labute approximate surface area is 468 Å². The van der Waals surface area contributed by atoms with Gasteiger partial charge in [-0.15, -0.1) is 0 Å². The number of aromatic amines is 1. The highest BCUT2D eigenvalue weighted by atomic mass is 16.3. The number of benzene rings is 2. The number of aliphatic hydroxyl groups excluding tert-OH is 1. The van der Waals surface area contributed by atoms with Crippen LogP contribution in [-0.2, 0) is 60.8 Å². The van der Waals surface area contributed by atoms with E-state index in [-0.39, 0.29) is 69.7 Å². The van der Waals surface area contributed by atoms with Crippen LogP contribution in [0.3, 0.4) is 0 Å². The Morgan fingerprint density at radius 1 is 0.605 bits per heavy atom. The fourth-order valence-corrected chi connectivity index (χ4v) is 8.53. The van der Waals surface area contributed by atoms with Gasteiger partial charge in [0.25, 0.3) is 0 Å². The third-order valence-electron chi connectivity index (χ3n) is 13.0. The van der Waals surface area contributed by atoms with Gasteiger partial charge in [-0.25, -0.2) is 0 Å². The smallest absolute Gasteiger partial charge is 0.245 e. The van der Waals surface area contributed by atoms with Crippen molar-refractivity contribution >= 4 is 81.9 Å². The minimum atomic E-state index is -1.80. The number of carbonyl (C=O) groups is 10. The molecule has 0 aliphatic carbocycles. The number of nitrogens with one attached hydrogen (secondary N) is 11. The van der Waals surface area contributed by atoms with Gasteiger partial charge >= 0.3 is 0 Å². The number of rotatable bonds is 34. The standard InChI is InChI=1S/C52H79N17O12/c1-26(2)41(67-46(77)37(66-44(75)27(3)22-40(54)73)24-30-25-62-33-11-7-6-10-32(30)33)48(79)68-42(28(4)70)49(80)63-34(12-8-20-60-51(56)57)45(76)64-35(18-19-39(53)72)50(81)69(5)38(13-9-21-61-52(58)59)47(78)65-36(43(55)74)23-29-14-16-31(71)17-15-29/h6-7,10-11,14-17,25-28,34-38,41-42,62,70-71H,8-9,12-13,18-24H2,1-5H3,(H2,53,72)(H2,54,73)(H2,55,74)(H,63,80)(H,64,76)(H,65,78)(H,66,75)(H,67,77)(H,68,79)(H4,56,57,60)(H4,58,59,61)/t27-,28+,34-,35-,36-,37-,38-,41-,42-/m0/s1. The van der Waals surface area contributed by atoms with Gasteiger partial charge in [0.05, 0.1) is 6.10 Å². The Bertz CT molecular complexity index is 2720. The predicted octanol–water partition coefficient (Wildman–Crippen LogP) is -3.78. The largest absolute Gasteiger partial charge is 0.508 e. The number of hydrogen-bond acceptors (Lipinski definition) is 14. The van der Waals surface area contributed by atoms with Crippen molar-refractivity contribution in [3.8, 4) is 5.75 Å². The number of aromatic nitrogens is 1. The number of para-hydroxylation sites is 1. The molecular formula is C52H79N17O12. The maximum absolute atomic E-state index is 14.5. The van der Waals surface area contributed by atoms with E-state index in [1.165, 1.54) is 45.2 Å². The van der Waals surface area contributed by atoms with Crippen LogP contribution in [0.4, 0.5) is 0 Å². The molecule has 9 atom stereocenters. The van der Waals surface area contributed by atoms with E-state index in [0.717, 1.165) is 15.8 Å². The van der Waals surface area contributed by atoms with Crippen molar-refractivity contribution in [1.82, 2.24) is 52.4 Å². The fourth-order valence-electron chi connectivity index (χ4n) is 8.53. The van der Waals surface area contributed by atoms with E-state index >= 15 is 0 Å². The summed E-state index contributed by atoms with van der Waals surface area (Å²) in [7, 11) is 1.23. The number of phenols is 1. The number of aromatic hydroxyl groups is 1. The molecule has 29 nitrogen and oxygen atoms in total. The van der Waals surface area contributed by atoms with Crippen molar-refractivity contribution < 1.29 is 58.2 Å². The van der Waals surface area contributed by atoms with Crippen LogP contribution < -0.4 is 71.2 Å². The number of aliphatic hydroxyl groups is 1. The molecule has 29 heteroatoms. The van der Waals surface area contributed by atoms with Crippen LogP contribution in [0.15, 0.2) is 54.7 Å². The van der Waals surface area contributed by atoms with Gasteiger partial charge in [-0.3, -0.25) is 58.8 Å². The minimum absolute atomic E-state index is 0.00815. The summed E-state index contributed by atoms with van der Waals surface area (Å²) in [6.07, 6.45) is -1.51. The number of nitrogens with zero attached hydrogens (tertiary/aromatic N) is 1. The Hall–Kier alpha value is -9.02. The van der Waals surface area contributed by atoms with Crippen molar-refractivity contribution in [2.75, 3.05) is 20.1 Å². The normalized spacial score (nSPS) is 14.4. The number of primary amides is 3. The zero-order chi connectivity index (χ0) is 60.7. The van der Waals surface area contributed by atoms with Crippen LogP contribution in [-0.4, -0.2) is 160 Å². The highest BCUT2D eigenvalue weighted by Crippen LogP contribution is 2.21. The molecule has 23 N–H and O–H groups in total. The number of likely N-dealkylation sites (N-methyl/N-ethyl adjacent to an activating group) is 1. The van der Waals surface area contributed by atoms with Crippen molar-refractivity contribution in [3.63, 3.8) is 0 Å². The van der Waals surface area contributed by atoms with Gasteiger partial charge in [-0.05, 0) is 74.3 Å². The molecule has 3 rings (SSSR count). The summed E-state index contributed by atoms with van der Waals surface area (Å²) in [6.45, 7) is 5.89. The summed E-state index contributed by atoms with van der Waals surface area (Å²) in [5, 5.41) is 57.1. The van der Waals surface area contributed by atoms with Crippen LogP contribution in [0, 0.1) is 22.7 Å². The molecule has 444 valence electrons. The second-order valence-electron chi connectivity index (χ2n) is 20.0. The Balaban J connectivity index is 1.94. The lowest BCUT2D eigenvalue weighted by molar-refractivity contribution is -0.143. The first-order valence-electron chi connectivity index (χ1n) is 26.2. The van der Waals surface area contributed by atoms with E-state index in [4.69, 9.17) is 39.5 Å². The van der Waals surface area contributed by atoms with Gasteiger partial charge in [0.2, 0.25) is 59.1 Å². The highest BCUT2D eigenvalue weighted by molar-refractivity contribution is 5.98. The average molecular weight is 1130 g/mol. The second-order valence-corrected chi connectivity index (χ2v) is 20.0. The number of phenolic OH excluding ortho intramolecular Hbond substituents is 1. The lowest BCUT2D eigenvalue weighted by atomic mass is 9.99. The summed E-state index contributed by atoms with van der Waals surface area (Å²) in [6, 6.07) is 2.61. The first-order valence-corrected chi connectivity index (χ1v) is 26.2. The quantitative estimate of drug-likeness (QED) is 0.0155. The first-order chi connectivity index (χ1) is 38.1. The van der Waals surface area contributed by atoms with E-state index in [1.807, 2.05) is 12.1 Å². The van der Waals surface area contributed by atoms with Gasteiger partial charge in [0.1, 0.15) is 48.0 Å². The molecule has 0 saturated carbocycles. The van der Waals surface area contributed by atoms with Crippen LogP contribution >= 0.6 is 0 Å². The number of nitrogens with two attached hydrogens (primary N) is 5. The SMILES string of the molecule is CC(C)[C@H](NC(=O)[C@H](Cc1c[nH]c2ccccc12)NC(=O)[C@@H](C)CC(N)=O)C(=O)N[C@H](C(=O)N[C@@H](CCCNC(=N)N)C(=O)N[C@@H](CCC(N)=O)C(=O)N(C)[C@@H](CCCNC(=N)N)C(=O)N[C@@H](Cc1ccc(O)cc1)C(N)=O)[C@@H](C)O. The third kappa shape index (κ3) is 22.0. The van der Waals surface area contributed by atoms with Gasteiger partial charge in [-0.1, -0.05) is 51.1 Å². The van der Waals surface area contributed by atoms with E-state index < -0.39 is 138 Å². The number of amides is 10. The molecule has 10 amide bonds. The Morgan fingerprint density at radius 3 is 1.72 bits per heavy atom. The zero-order valence-corrected chi connectivity index (χ0v) is 46.1. The van der Waals surface area contributed by atoms with Crippen LogP contribution in [0.1, 0.15) is 83.8 Å². The molecule has 0 saturated heterocycles. The van der Waals surface area contributed by atoms with Gasteiger partial charge in [0.15, 0.2) is 11.9 Å².